The second-order valence-electron chi connectivity index (χ2n) is 4.42. The van der Waals surface area contributed by atoms with Crippen LogP contribution in [0, 0.1) is 18.6 Å². The first kappa shape index (κ1) is 15.6. The highest BCUT2D eigenvalue weighted by Gasteiger charge is 2.17. The van der Waals surface area contributed by atoms with Gasteiger partial charge in [-0.15, -0.1) is 0 Å². The number of amides is 1. The standard InChI is InChI=1S/C14H13F2N3O3/c1-3-22-14(21)11-6-12(19-18-11)17-13(20)8-5-9(15)7(2)4-10(8)16/h4-6H,3H2,1-2H3,(H2,17,18,19,20). The molecule has 0 radical (unpaired) electrons. The van der Waals surface area contributed by atoms with E-state index in [9.17, 15) is 18.4 Å². The zero-order valence-corrected chi connectivity index (χ0v) is 11.9. The van der Waals surface area contributed by atoms with Crippen LogP contribution < -0.4 is 5.32 Å². The van der Waals surface area contributed by atoms with Gasteiger partial charge >= 0.3 is 5.97 Å². The fourth-order valence-corrected chi connectivity index (χ4v) is 1.70. The van der Waals surface area contributed by atoms with Crippen LogP contribution in [0.4, 0.5) is 14.6 Å². The van der Waals surface area contributed by atoms with Gasteiger partial charge in [-0.05, 0) is 31.5 Å². The van der Waals surface area contributed by atoms with Crippen molar-refractivity contribution in [2.75, 3.05) is 11.9 Å². The van der Waals surface area contributed by atoms with Crippen LogP contribution >= 0.6 is 0 Å². The maximum absolute atomic E-state index is 13.7. The molecule has 0 atom stereocenters. The van der Waals surface area contributed by atoms with Crippen molar-refractivity contribution in [1.82, 2.24) is 10.2 Å². The number of hydrogen-bond donors (Lipinski definition) is 2. The second kappa shape index (κ2) is 6.33. The number of esters is 1. The molecule has 2 rings (SSSR count). The van der Waals surface area contributed by atoms with Crippen LogP contribution in [0.3, 0.4) is 0 Å². The van der Waals surface area contributed by atoms with Crippen molar-refractivity contribution in [3.05, 3.63) is 46.7 Å². The van der Waals surface area contributed by atoms with Gasteiger partial charge in [-0.25, -0.2) is 13.6 Å². The summed E-state index contributed by atoms with van der Waals surface area (Å²) in [6, 6.07) is 2.97. The molecule has 0 saturated heterocycles. The molecule has 22 heavy (non-hydrogen) atoms. The molecule has 0 bridgehead atoms. The Hall–Kier alpha value is -2.77. The molecule has 1 aromatic heterocycles. The Bertz CT molecular complexity index is 728. The van der Waals surface area contributed by atoms with Crippen LogP contribution in [-0.4, -0.2) is 28.7 Å². The lowest BCUT2D eigenvalue weighted by Gasteiger charge is -2.05. The molecule has 1 amide bonds. The number of ether oxygens (including phenoxy) is 1. The maximum atomic E-state index is 13.7. The first-order chi connectivity index (χ1) is 10.4. The van der Waals surface area contributed by atoms with Gasteiger partial charge in [0.05, 0.1) is 12.2 Å². The summed E-state index contributed by atoms with van der Waals surface area (Å²) in [5, 5.41) is 8.32. The van der Waals surface area contributed by atoms with Gasteiger partial charge in [0.15, 0.2) is 5.82 Å². The summed E-state index contributed by atoms with van der Waals surface area (Å²) in [4.78, 5) is 23.3. The molecular weight excluding hydrogens is 296 g/mol. The summed E-state index contributed by atoms with van der Waals surface area (Å²) in [7, 11) is 0. The monoisotopic (exact) mass is 309 g/mol. The predicted molar refractivity (Wildman–Crippen MR) is 73.6 cm³/mol. The molecule has 0 unspecified atom stereocenters. The van der Waals surface area contributed by atoms with Crippen molar-refractivity contribution >= 4 is 17.7 Å². The van der Waals surface area contributed by atoms with E-state index in [2.05, 4.69) is 15.5 Å². The van der Waals surface area contributed by atoms with Crippen molar-refractivity contribution in [3.63, 3.8) is 0 Å². The fourth-order valence-electron chi connectivity index (χ4n) is 1.70. The number of carbonyl (C=O) groups excluding carboxylic acids is 2. The molecule has 0 aliphatic rings. The number of benzene rings is 1. The van der Waals surface area contributed by atoms with E-state index in [1.54, 1.807) is 6.92 Å². The van der Waals surface area contributed by atoms with Crippen LogP contribution in [0.25, 0.3) is 0 Å². The predicted octanol–water partition coefficient (Wildman–Crippen LogP) is 2.43. The number of H-pyrrole nitrogens is 1. The third-order valence-electron chi connectivity index (χ3n) is 2.81. The van der Waals surface area contributed by atoms with E-state index in [4.69, 9.17) is 4.74 Å². The van der Waals surface area contributed by atoms with Gasteiger partial charge in [0.1, 0.15) is 17.3 Å². The molecule has 116 valence electrons. The zero-order chi connectivity index (χ0) is 16.3. The van der Waals surface area contributed by atoms with Gasteiger partial charge in [0.25, 0.3) is 5.91 Å². The lowest BCUT2D eigenvalue weighted by Crippen LogP contribution is -2.14. The largest absolute Gasteiger partial charge is 0.461 e. The summed E-state index contributed by atoms with van der Waals surface area (Å²) < 4.78 is 31.9. The number of anilines is 1. The number of aromatic nitrogens is 2. The summed E-state index contributed by atoms with van der Waals surface area (Å²) in [6.45, 7) is 3.22. The fraction of sp³-hybridized carbons (Fsp3) is 0.214. The number of halogens is 2. The molecule has 0 saturated carbocycles. The first-order valence-electron chi connectivity index (χ1n) is 6.42. The average Bonchev–Trinajstić information content (AvgIpc) is 2.91. The Morgan fingerprint density at radius 3 is 2.68 bits per heavy atom. The van der Waals surface area contributed by atoms with E-state index >= 15 is 0 Å². The second-order valence-corrected chi connectivity index (χ2v) is 4.42. The molecular formula is C14H13F2N3O3. The Kier molecular flexibility index (Phi) is 4.50. The molecule has 2 N–H and O–H groups in total. The normalized spacial score (nSPS) is 10.4. The van der Waals surface area contributed by atoms with Crippen molar-refractivity contribution < 1.29 is 23.1 Å². The molecule has 1 heterocycles. The van der Waals surface area contributed by atoms with Crippen LogP contribution in [0.2, 0.25) is 0 Å². The van der Waals surface area contributed by atoms with Crippen molar-refractivity contribution in [1.29, 1.82) is 0 Å². The molecule has 0 aliphatic heterocycles. The lowest BCUT2D eigenvalue weighted by atomic mass is 10.1. The minimum Gasteiger partial charge on any atom is -0.461 e. The van der Waals surface area contributed by atoms with E-state index < -0.39 is 29.1 Å². The molecule has 2 aromatic rings. The summed E-state index contributed by atoms with van der Waals surface area (Å²) in [5.74, 6) is -3.06. The van der Waals surface area contributed by atoms with E-state index in [0.29, 0.717) is 0 Å². The average molecular weight is 309 g/mol. The molecule has 1 aromatic carbocycles. The first-order valence-corrected chi connectivity index (χ1v) is 6.42. The maximum Gasteiger partial charge on any atom is 0.356 e. The number of aromatic amines is 1. The summed E-state index contributed by atoms with van der Waals surface area (Å²) in [6.07, 6.45) is 0. The highest BCUT2D eigenvalue weighted by molar-refractivity contribution is 6.04. The van der Waals surface area contributed by atoms with E-state index in [1.807, 2.05) is 0 Å². The molecule has 0 aliphatic carbocycles. The smallest absolute Gasteiger partial charge is 0.356 e. The van der Waals surface area contributed by atoms with Gasteiger partial charge < -0.3 is 10.1 Å². The number of hydrogen-bond acceptors (Lipinski definition) is 4. The Morgan fingerprint density at radius 2 is 2.00 bits per heavy atom. The zero-order valence-electron chi connectivity index (χ0n) is 11.9. The molecule has 0 fully saturated rings. The van der Waals surface area contributed by atoms with Gasteiger partial charge in [-0.2, -0.15) is 5.10 Å². The van der Waals surface area contributed by atoms with Crippen molar-refractivity contribution in [2.24, 2.45) is 0 Å². The van der Waals surface area contributed by atoms with Gasteiger partial charge in [-0.1, -0.05) is 0 Å². The number of nitrogens with zero attached hydrogens (tertiary/aromatic N) is 1. The van der Waals surface area contributed by atoms with Crippen molar-refractivity contribution in [2.45, 2.75) is 13.8 Å². The molecule has 0 spiro atoms. The van der Waals surface area contributed by atoms with E-state index in [-0.39, 0.29) is 23.7 Å². The van der Waals surface area contributed by atoms with Gasteiger partial charge in [0.2, 0.25) is 0 Å². The van der Waals surface area contributed by atoms with Crippen LogP contribution in [0.1, 0.15) is 33.3 Å². The van der Waals surface area contributed by atoms with Crippen LogP contribution in [0.15, 0.2) is 18.2 Å². The number of carbonyl (C=O) groups is 2. The molecule has 6 nitrogen and oxygen atoms in total. The minimum atomic E-state index is -0.877. The Labute approximate surface area is 124 Å². The van der Waals surface area contributed by atoms with Gasteiger partial charge in [0, 0.05) is 6.07 Å². The highest BCUT2D eigenvalue weighted by Crippen LogP contribution is 2.16. The molecule has 8 heteroatoms. The third-order valence-corrected chi connectivity index (χ3v) is 2.81. The van der Waals surface area contributed by atoms with Crippen LogP contribution in [0.5, 0.6) is 0 Å². The highest BCUT2D eigenvalue weighted by atomic mass is 19.1. The van der Waals surface area contributed by atoms with E-state index in [1.165, 1.54) is 13.0 Å². The topological polar surface area (TPSA) is 84.1 Å². The van der Waals surface area contributed by atoms with E-state index in [0.717, 1.165) is 12.1 Å². The third kappa shape index (κ3) is 3.27. The lowest BCUT2D eigenvalue weighted by molar-refractivity contribution is 0.0519. The quantitative estimate of drug-likeness (QED) is 0.850. The Morgan fingerprint density at radius 1 is 1.27 bits per heavy atom. The Balaban J connectivity index is 2.16. The number of rotatable bonds is 4. The van der Waals surface area contributed by atoms with Crippen LogP contribution in [-0.2, 0) is 4.74 Å². The SMILES string of the molecule is CCOC(=O)c1cc(NC(=O)c2cc(F)c(C)cc2F)n[nH]1. The minimum absolute atomic E-state index is 0.00608. The van der Waals surface area contributed by atoms with Crippen molar-refractivity contribution in [3.8, 4) is 0 Å². The number of aryl methyl sites for hydroxylation is 1. The van der Waals surface area contributed by atoms with Gasteiger partial charge in [-0.3, -0.25) is 9.89 Å². The summed E-state index contributed by atoms with van der Waals surface area (Å²) in [5.41, 5.74) is -0.324. The number of nitrogens with one attached hydrogen (secondary N) is 2. The summed E-state index contributed by atoms with van der Waals surface area (Å²) >= 11 is 0.